The van der Waals surface area contributed by atoms with Crippen molar-refractivity contribution in [2.45, 2.75) is 24.5 Å². The van der Waals surface area contributed by atoms with Gasteiger partial charge in [0, 0.05) is 31.6 Å². The monoisotopic (exact) mass is 315 g/mol. The fraction of sp³-hybridized carbons (Fsp3) is 0.467. The van der Waals surface area contributed by atoms with Gasteiger partial charge >= 0.3 is 6.01 Å². The van der Waals surface area contributed by atoms with Crippen LogP contribution in [0.15, 0.2) is 30.7 Å². The van der Waals surface area contributed by atoms with Crippen molar-refractivity contribution in [3.8, 4) is 6.01 Å². The maximum absolute atomic E-state index is 12.4. The molecule has 4 rings (SSSR count). The van der Waals surface area contributed by atoms with Crippen molar-refractivity contribution in [2.75, 3.05) is 19.7 Å². The van der Waals surface area contributed by atoms with Gasteiger partial charge in [-0.25, -0.2) is 9.97 Å². The molecular formula is C15H17N5O3. The van der Waals surface area contributed by atoms with E-state index in [-0.39, 0.29) is 17.6 Å². The number of carbonyl (C=O) groups excluding carboxylic acids is 1. The second kappa shape index (κ2) is 5.62. The first-order valence-corrected chi connectivity index (χ1v) is 7.60. The number of aromatic amines is 1. The molecule has 1 amide bonds. The maximum atomic E-state index is 12.4. The lowest BCUT2D eigenvalue weighted by Crippen LogP contribution is -2.36. The summed E-state index contributed by atoms with van der Waals surface area (Å²) in [6.07, 6.45) is 6.33. The predicted octanol–water partition coefficient (Wildman–Crippen LogP) is 0.652. The smallest absolute Gasteiger partial charge is 0.316 e. The number of nitrogens with one attached hydrogen (secondary N) is 1. The van der Waals surface area contributed by atoms with E-state index in [4.69, 9.17) is 9.47 Å². The van der Waals surface area contributed by atoms with E-state index >= 15 is 0 Å². The number of H-pyrrole nitrogens is 1. The first-order valence-electron chi connectivity index (χ1n) is 7.60. The zero-order valence-electron chi connectivity index (χ0n) is 12.5. The van der Waals surface area contributed by atoms with E-state index in [0.29, 0.717) is 31.4 Å². The van der Waals surface area contributed by atoms with Crippen molar-refractivity contribution >= 4 is 5.91 Å². The Kier molecular flexibility index (Phi) is 3.45. The van der Waals surface area contributed by atoms with Crippen LogP contribution in [0.3, 0.4) is 0 Å². The lowest BCUT2D eigenvalue weighted by atomic mass is 9.98. The number of likely N-dealkylation sites (tertiary alicyclic amines) is 1. The first kappa shape index (κ1) is 14.1. The van der Waals surface area contributed by atoms with Crippen molar-refractivity contribution in [1.82, 2.24) is 25.1 Å². The van der Waals surface area contributed by atoms with Crippen LogP contribution in [-0.2, 0) is 4.74 Å². The zero-order chi connectivity index (χ0) is 15.7. The minimum Gasteiger partial charge on any atom is -0.458 e. The Balaban J connectivity index is 1.38. The van der Waals surface area contributed by atoms with Crippen molar-refractivity contribution < 1.29 is 14.3 Å². The standard InChI is InChI=1S/C15H17N5O3/c21-13(12-2-6-18-19-12)20-7-3-15(10-20)8-11(9-22-15)23-14-16-4-1-5-17-14/h1-2,4-6,11H,3,7-10H2,(H,18,19)/t11-,15+/m0/s1. The highest BCUT2D eigenvalue weighted by molar-refractivity contribution is 5.92. The summed E-state index contributed by atoms with van der Waals surface area (Å²) in [5.74, 6) is -0.0428. The van der Waals surface area contributed by atoms with Gasteiger partial charge < -0.3 is 14.4 Å². The third-order valence-electron chi connectivity index (χ3n) is 4.32. The fourth-order valence-corrected chi connectivity index (χ4v) is 3.22. The highest BCUT2D eigenvalue weighted by atomic mass is 16.6. The summed E-state index contributed by atoms with van der Waals surface area (Å²) in [5.41, 5.74) is 0.181. The molecule has 120 valence electrons. The molecule has 0 saturated carbocycles. The average Bonchev–Trinajstić information content (AvgIpc) is 3.31. The third kappa shape index (κ3) is 2.77. The SMILES string of the molecule is O=C(c1ccn[nH]1)N1CC[C@@]2(C[C@H](Oc3ncccn3)CO2)C1. The summed E-state index contributed by atoms with van der Waals surface area (Å²) < 4.78 is 11.7. The van der Waals surface area contributed by atoms with Crippen LogP contribution < -0.4 is 4.74 Å². The fourth-order valence-electron chi connectivity index (χ4n) is 3.22. The van der Waals surface area contributed by atoms with Gasteiger partial charge in [0.15, 0.2) is 0 Å². The van der Waals surface area contributed by atoms with Gasteiger partial charge in [0.1, 0.15) is 11.8 Å². The molecule has 0 radical (unpaired) electrons. The number of ether oxygens (including phenoxy) is 2. The van der Waals surface area contributed by atoms with Gasteiger partial charge in [0.2, 0.25) is 0 Å². The van der Waals surface area contributed by atoms with Crippen molar-refractivity contribution in [3.05, 3.63) is 36.4 Å². The molecule has 0 aromatic carbocycles. The van der Waals surface area contributed by atoms with E-state index in [1.54, 1.807) is 35.6 Å². The minimum atomic E-state index is -0.324. The molecule has 2 aromatic heterocycles. The molecule has 2 aliphatic rings. The molecule has 8 heteroatoms. The largest absolute Gasteiger partial charge is 0.458 e. The molecule has 2 aromatic rings. The normalized spacial score (nSPS) is 26.8. The van der Waals surface area contributed by atoms with E-state index in [0.717, 1.165) is 12.8 Å². The van der Waals surface area contributed by atoms with Crippen LogP contribution in [0.2, 0.25) is 0 Å². The molecule has 0 bridgehead atoms. The Labute approximate surface area is 132 Å². The van der Waals surface area contributed by atoms with Crippen LogP contribution in [0, 0.1) is 0 Å². The molecule has 1 N–H and O–H groups in total. The summed E-state index contributed by atoms with van der Waals surface area (Å²) >= 11 is 0. The van der Waals surface area contributed by atoms with Crippen molar-refractivity contribution in [3.63, 3.8) is 0 Å². The molecule has 8 nitrogen and oxygen atoms in total. The van der Waals surface area contributed by atoms with Crippen LogP contribution >= 0.6 is 0 Å². The van der Waals surface area contributed by atoms with Crippen LogP contribution in [0.25, 0.3) is 0 Å². The van der Waals surface area contributed by atoms with E-state index in [9.17, 15) is 4.79 Å². The summed E-state index contributed by atoms with van der Waals surface area (Å²) in [7, 11) is 0. The quantitative estimate of drug-likeness (QED) is 0.894. The molecular weight excluding hydrogens is 298 g/mol. The van der Waals surface area contributed by atoms with Crippen LogP contribution in [-0.4, -0.2) is 62.4 Å². The average molecular weight is 315 g/mol. The Morgan fingerprint density at radius 2 is 2.26 bits per heavy atom. The Morgan fingerprint density at radius 3 is 3.04 bits per heavy atom. The first-order chi connectivity index (χ1) is 11.2. The number of nitrogens with zero attached hydrogens (tertiary/aromatic N) is 4. The molecule has 2 aliphatic heterocycles. The molecule has 0 aliphatic carbocycles. The Hall–Kier alpha value is -2.48. The van der Waals surface area contributed by atoms with Crippen molar-refractivity contribution in [1.29, 1.82) is 0 Å². The van der Waals surface area contributed by atoms with E-state index in [1.807, 2.05) is 0 Å². The highest BCUT2D eigenvalue weighted by Gasteiger charge is 2.48. The predicted molar refractivity (Wildman–Crippen MR) is 78.9 cm³/mol. The lowest BCUT2D eigenvalue weighted by Gasteiger charge is -2.22. The Bertz CT molecular complexity index is 678. The van der Waals surface area contributed by atoms with Crippen molar-refractivity contribution in [2.24, 2.45) is 0 Å². The van der Waals surface area contributed by atoms with Gasteiger partial charge in [-0.3, -0.25) is 9.89 Å². The summed E-state index contributed by atoms with van der Waals surface area (Å²) in [6.45, 7) is 1.73. The van der Waals surface area contributed by atoms with Gasteiger partial charge in [-0.05, 0) is 18.6 Å². The molecule has 2 fully saturated rings. The highest BCUT2D eigenvalue weighted by Crippen LogP contribution is 2.36. The van der Waals surface area contributed by atoms with Crippen LogP contribution in [0.5, 0.6) is 6.01 Å². The zero-order valence-corrected chi connectivity index (χ0v) is 12.5. The van der Waals surface area contributed by atoms with Crippen LogP contribution in [0.1, 0.15) is 23.3 Å². The third-order valence-corrected chi connectivity index (χ3v) is 4.32. The van der Waals surface area contributed by atoms with Gasteiger partial charge in [0.05, 0.1) is 18.8 Å². The Morgan fingerprint density at radius 1 is 1.39 bits per heavy atom. The molecule has 23 heavy (non-hydrogen) atoms. The second-order valence-electron chi connectivity index (χ2n) is 5.92. The van der Waals surface area contributed by atoms with Gasteiger partial charge in [-0.2, -0.15) is 5.10 Å². The summed E-state index contributed by atoms with van der Waals surface area (Å²) in [5, 5.41) is 6.54. The van der Waals surface area contributed by atoms with E-state index in [2.05, 4.69) is 20.2 Å². The van der Waals surface area contributed by atoms with E-state index in [1.165, 1.54) is 0 Å². The van der Waals surface area contributed by atoms with Gasteiger partial charge in [0.25, 0.3) is 5.91 Å². The van der Waals surface area contributed by atoms with Crippen LogP contribution in [0.4, 0.5) is 0 Å². The molecule has 2 atom stereocenters. The number of amides is 1. The number of hydrogen-bond donors (Lipinski definition) is 1. The summed E-state index contributed by atoms with van der Waals surface area (Å²) in [6, 6.07) is 3.79. The number of aromatic nitrogens is 4. The number of carbonyl (C=O) groups is 1. The topological polar surface area (TPSA) is 93.2 Å². The minimum absolute atomic E-state index is 0.0428. The van der Waals surface area contributed by atoms with Gasteiger partial charge in [-0.1, -0.05) is 0 Å². The van der Waals surface area contributed by atoms with Gasteiger partial charge in [-0.15, -0.1) is 0 Å². The summed E-state index contributed by atoms with van der Waals surface area (Å²) in [4.78, 5) is 22.3. The van der Waals surface area contributed by atoms with E-state index < -0.39 is 0 Å². The maximum Gasteiger partial charge on any atom is 0.316 e. The molecule has 1 spiro atoms. The number of rotatable bonds is 3. The molecule has 0 unspecified atom stereocenters. The lowest BCUT2D eigenvalue weighted by molar-refractivity contribution is 0.00967. The molecule has 2 saturated heterocycles. The molecule has 4 heterocycles. The number of hydrogen-bond acceptors (Lipinski definition) is 6. The second-order valence-corrected chi connectivity index (χ2v) is 5.92.